The van der Waals surface area contributed by atoms with Crippen molar-refractivity contribution in [2.24, 2.45) is 0 Å². The fraction of sp³-hybridized carbons (Fsp3) is 0.278. The number of fused-ring (bicyclic) bond motifs is 2. The van der Waals surface area contributed by atoms with Crippen molar-refractivity contribution in [1.29, 1.82) is 0 Å². The van der Waals surface area contributed by atoms with Gasteiger partial charge < -0.3 is 5.32 Å². The van der Waals surface area contributed by atoms with Gasteiger partial charge in [-0.3, -0.25) is 0 Å². The number of benzene rings is 1. The van der Waals surface area contributed by atoms with E-state index in [4.69, 9.17) is 4.98 Å². The summed E-state index contributed by atoms with van der Waals surface area (Å²) in [6.07, 6.45) is 4.77. The Labute approximate surface area is 155 Å². The van der Waals surface area contributed by atoms with E-state index >= 15 is 0 Å². The number of allylic oxidation sites excluding steroid dienone is 2. The third-order valence-corrected chi connectivity index (χ3v) is 4.98. The van der Waals surface area contributed by atoms with Gasteiger partial charge in [-0.1, -0.05) is 13.0 Å². The van der Waals surface area contributed by atoms with Crippen LogP contribution in [0.2, 0.25) is 0 Å². The van der Waals surface area contributed by atoms with Crippen LogP contribution in [0.3, 0.4) is 0 Å². The van der Waals surface area contributed by atoms with Crippen molar-refractivity contribution in [3.8, 4) is 0 Å². The summed E-state index contributed by atoms with van der Waals surface area (Å²) in [7, 11) is 0. The maximum atomic E-state index is 4.72. The molecule has 0 radical (unpaired) electrons. The molecule has 132 valence electrons. The van der Waals surface area contributed by atoms with Gasteiger partial charge in [-0.25, -0.2) is 9.67 Å². The summed E-state index contributed by atoms with van der Waals surface area (Å²) in [6.45, 7) is 8.14. The standard InChI is InChI=1S/C18H19N7S/c1-5-12(6-2)25-17-13(11(4)22-25)9-19-18(21-17)20-14-8-16-15(7-10(14)3)23-26-24-16/h5,7-9H,6H2,1-4H3,(H,19,20,21)/b12-5+. The summed E-state index contributed by atoms with van der Waals surface area (Å²) in [4.78, 5) is 9.19. The second kappa shape index (κ2) is 6.45. The molecule has 0 atom stereocenters. The monoisotopic (exact) mass is 365 g/mol. The van der Waals surface area contributed by atoms with Crippen LogP contribution in [-0.4, -0.2) is 28.5 Å². The molecule has 0 aliphatic heterocycles. The predicted molar refractivity (Wildman–Crippen MR) is 106 cm³/mol. The van der Waals surface area contributed by atoms with Crippen LogP contribution in [-0.2, 0) is 0 Å². The quantitative estimate of drug-likeness (QED) is 0.575. The van der Waals surface area contributed by atoms with Crippen LogP contribution in [0.15, 0.2) is 24.4 Å². The molecule has 4 rings (SSSR count). The lowest BCUT2D eigenvalue weighted by atomic mass is 10.2. The Hall–Kier alpha value is -2.87. The molecule has 3 aromatic heterocycles. The number of hydrogen-bond acceptors (Lipinski definition) is 7. The third-order valence-electron chi connectivity index (χ3n) is 4.42. The van der Waals surface area contributed by atoms with Gasteiger partial charge in [0.1, 0.15) is 11.0 Å². The summed E-state index contributed by atoms with van der Waals surface area (Å²) in [6, 6.07) is 4.00. The average molecular weight is 365 g/mol. The molecule has 0 bridgehead atoms. The van der Waals surface area contributed by atoms with Crippen molar-refractivity contribution in [2.75, 3.05) is 5.32 Å². The van der Waals surface area contributed by atoms with E-state index in [1.807, 2.05) is 43.8 Å². The predicted octanol–water partition coefficient (Wildman–Crippen LogP) is 4.46. The maximum absolute atomic E-state index is 4.72. The van der Waals surface area contributed by atoms with Crippen molar-refractivity contribution in [3.63, 3.8) is 0 Å². The van der Waals surface area contributed by atoms with Crippen molar-refractivity contribution >= 4 is 51.1 Å². The summed E-state index contributed by atoms with van der Waals surface area (Å²) < 4.78 is 10.5. The molecule has 0 aliphatic rings. The summed E-state index contributed by atoms with van der Waals surface area (Å²) in [5, 5.41) is 8.90. The zero-order valence-corrected chi connectivity index (χ0v) is 15.9. The van der Waals surface area contributed by atoms with E-state index < -0.39 is 0 Å². The number of aryl methyl sites for hydroxylation is 2. The fourth-order valence-electron chi connectivity index (χ4n) is 2.97. The second-order valence-electron chi connectivity index (χ2n) is 6.11. The topological polar surface area (TPSA) is 81.4 Å². The van der Waals surface area contributed by atoms with Gasteiger partial charge in [0.15, 0.2) is 5.65 Å². The molecule has 3 heterocycles. The van der Waals surface area contributed by atoms with Crippen molar-refractivity contribution in [1.82, 2.24) is 28.5 Å². The van der Waals surface area contributed by atoms with E-state index in [9.17, 15) is 0 Å². The van der Waals surface area contributed by atoms with E-state index in [2.05, 4.69) is 37.1 Å². The van der Waals surface area contributed by atoms with Crippen LogP contribution in [0.25, 0.3) is 27.8 Å². The highest BCUT2D eigenvalue weighted by molar-refractivity contribution is 7.00. The Bertz CT molecular complexity index is 1140. The van der Waals surface area contributed by atoms with Gasteiger partial charge >= 0.3 is 0 Å². The number of nitrogens with one attached hydrogen (secondary N) is 1. The van der Waals surface area contributed by atoms with Crippen LogP contribution in [0.1, 0.15) is 31.5 Å². The molecular formula is C18H19N7S. The van der Waals surface area contributed by atoms with Gasteiger partial charge in [-0.05, 0) is 44.9 Å². The van der Waals surface area contributed by atoms with Crippen molar-refractivity contribution in [3.05, 3.63) is 35.7 Å². The molecule has 1 N–H and O–H groups in total. The normalized spacial score (nSPS) is 12.2. The lowest BCUT2D eigenvalue weighted by Gasteiger charge is -2.09. The molecule has 0 fully saturated rings. The number of nitrogens with zero attached hydrogens (tertiary/aromatic N) is 6. The Morgan fingerprint density at radius 1 is 1.23 bits per heavy atom. The molecule has 26 heavy (non-hydrogen) atoms. The third kappa shape index (κ3) is 2.72. The number of aromatic nitrogens is 6. The molecule has 0 aliphatic carbocycles. The van der Waals surface area contributed by atoms with E-state index in [0.29, 0.717) is 5.95 Å². The molecule has 4 aromatic rings. The van der Waals surface area contributed by atoms with Crippen molar-refractivity contribution < 1.29 is 0 Å². The molecular weight excluding hydrogens is 346 g/mol. The SMILES string of the molecule is C/C=C(\CC)n1nc(C)c2cnc(Nc3cc4nsnc4cc3C)nc21. The molecule has 0 unspecified atom stereocenters. The van der Waals surface area contributed by atoms with E-state index in [-0.39, 0.29) is 0 Å². The Kier molecular flexibility index (Phi) is 4.12. The zero-order valence-electron chi connectivity index (χ0n) is 15.1. The first-order valence-electron chi connectivity index (χ1n) is 8.48. The fourth-order valence-corrected chi connectivity index (χ4v) is 3.48. The Balaban J connectivity index is 1.79. The average Bonchev–Trinajstić information content (AvgIpc) is 3.21. The summed E-state index contributed by atoms with van der Waals surface area (Å²) in [5.74, 6) is 0.538. The molecule has 1 aromatic carbocycles. The highest BCUT2D eigenvalue weighted by Gasteiger charge is 2.13. The Morgan fingerprint density at radius 2 is 2.00 bits per heavy atom. The number of anilines is 2. The van der Waals surface area contributed by atoms with Gasteiger partial charge in [0.05, 0.1) is 22.8 Å². The van der Waals surface area contributed by atoms with E-state index in [1.54, 1.807) is 0 Å². The lowest BCUT2D eigenvalue weighted by molar-refractivity contribution is 0.861. The largest absolute Gasteiger partial charge is 0.324 e. The minimum atomic E-state index is 0.538. The van der Waals surface area contributed by atoms with Gasteiger partial charge in [-0.15, -0.1) is 0 Å². The molecule has 8 heteroatoms. The highest BCUT2D eigenvalue weighted by Crippen LogP contribution is 2.26. The van der Waals surface area contributed by atoms with Gasteiger partial charge in [0, 0.05) is 17.6 Å². The lowest BCUT2D eigenvalue weighted by Crippen LogP contribution is -2.03. The Morgan fingerprint density at radius 3 is 2.73 bits per heavy atom. The van der Waals surface area contributed by atoms with Gasteiger partial charge in [-0.2, -0.15) is 18.8 Å². The molecule has 7 nitrogen and oxygen atoms in total. The van der Waals surface area contributed by atoms with Crippen LogP contribution in [0.4, 0.5) is 11.6 Å². The minimum absolute atomic E-state index is 0.538. The van der Waals surface area contributed by atoms with Crippen LogP contribution < -0.4 is 5.32 Å². The minimum Gasteiger partial charge on any atom is -0.324 e. The molecule has 0 saturated heterocycles. The van der Waals surface area contributed by atoms with Crippen molar-refractivity contribution in [2.45, 2.75) is 34.1 Å². The summed E-state index contributed by atoms with van der Waals surface area (Å²) in [5.41, 5.74) is 6.61. The first kappa shape index (κ1) is 16.6. The van der Waals surface area contributed by atoms with E-state index in [1.165, 1.54) is 11.7 Å². The molecule has 0 amide bonds. The van der Waals surface area contributed by atoms with Gasteiger partial charge in [0.2, 0.25) is 5.95 Å². The first-order valence-corrected chi connectivity index (χ1v) is 9.21. The van der Waals surface area contributed by atoms with Gasteiger partial charge in [0.25, 0.3) is 0 Å². The number of rotatable bonds is 4. The molecule has 0 spiro atoms. The number of hydrogen-bond donors (Lipinski definition) is 1. The highest BCUT2D eigenvalue weighted by atomic mass is 32.1. The van der Waals surface area contributed by atoms with Crippen LogP contribution >= 0.6 is 11.7 Å². The molecule has 0 saturated carbocycles. The first-order chi connectivity index (χ1) is 12.6. The zero-order chi connectivity index (χ0) is 18.3. The van der Waals surface area contributed by atoms with E-state index in [0.717, 1.165) is 51.1 Å². The smallest absolute Gasteiger partial charge is 0.229 e. The van der Waals surface area contributed by atoms with Crippen LogP contribution in [0, 0.1) is 13.8 Å². The van der Waals surface area contributed by atoms with Crippen LogP contribution in [0.5, 0.6) is 0 Å². The maximum Gasteiger partial charge on any atom is 0.229 e. The second-order valence-corrected chi connectivity index (χ2v) is 6.64. The summed E-state index contributed by atoms with van der Waals surface area (Å²) >= 11 is 1.21.